The first-order chi connectivity index (χ1) is 9.66. The van der Waals surface area contributed by atoms with Crippen LogP contribution in [0.4, 0.5) is 0 Å². The van der Waals surface area contributed by atoms with Crippen LogP contribution < -0.4 is 5.32 Å². The van der Waals surface area contributed by atoms with E-state index in [0.717, 1.165) is 24.9 Å². The molecule has 1 aromatic carbocycles. The van der Waals surface area contributed by atoms with E-state index in [0.29, 0.717) is 12.1 Å². The Balaban J connectivity index is 1.63. The molecule has 2 N–H and O–H groups in total. The van der Waals surface area contributed by atoms with Crippen LogP contribution in [-0.2, 0) is 0 Å². The lowest BCUT2D eigenvalue weighted by atomic mass is 9.80. The Morgan fingerprint density at radius 1 is 1.35 bits per heavy atom. The second-order valence-corrected chi connectivity index (χ2v) is 5.26. The molecule has 20 heavy (non-hydrogen) atoms. The quantitative estimate of drug-likeness (QED) is 0.886. The number of aromatic nitrogens is 2. The Morgan fingerprint density at radius 3 is 2.65 bits per heavy atom. The van der Waals surface area contributed by atoms with Gasteiger partial charge in [0.05, 0.1) is 11.3 Å². The summed E-state index contributed by atoms with van der Waals surface area (Å²) >= 11 is 0. The summed E-state index contributed by atoms with van der Waals surface area (Å²) in [4.78, 5) is 12.0. The van der Waals surface area contributed by atoms with Crippen LogP contribution in [0.15, 0.2) is 42.7 Å². The van der Waals surface area contributed by atoms with Crippen LogP contribution in [0, 0.1) is 0 Å². The summed E-state index contributed by atoms with van der Waals surface area (Å²) in [6, 6.07) is 9.06. The SMILES string of the molecule is O=C(NCC1(O)CCC1)c1ccc(-n2cccn2)cc1. The summed E-state index contributed by atoms with van der Waals surface area (Å²) in [5, 5.41) is 16.9. The van der Waals surface area contributed by atoms with Gasteiger partial charge in [-0.05, 0) is 49.6 Å². The van der Waals surface area contributed by atoms with E-state index in [2.05, 4.69) is 10.4 Å². The monoisotopic (exact) mass is 271 g/mol. The molecule has 0 atom stereocenters. The molecule has 0 unspecified atom stereocenters. The van der Waals surface area contributed by atoms with Crippen molar-refractivity contribution in [2.45, 2.75) is 24.9 Å². The highest BCUT2D eigenvalue weighted by Crippen LogP contribution is 2.30. The topological polar surface area (TPSA) is 67.2 Å². The van der Waals surface area contributed by atoms with Gasteiger partial charge in [0.25, 0.3) is 5.91 Å². The number of carbonyl (C=O) groups excluding carboxylic acids is 1. The lowest BCUT2D eigenvalue weighted by Gasteiger charge is -2.36. The zero-order valence-corrected chi connectivity index (χ0v) is 11.1. The number of carbonyl (C=O) groups is 1. The fourth-order valence-corrected chi connectivity index (χ4v) is 2.30. The van der Waals surface area contributed by atoms with Gasteiger partial charge in [-0.2, -0.15) is 5.10 Å². The Bertz CT molecular complexity index is 586. The maximum Gasteiger partial charge on any atom is 0.251 e. The summed E-state index contributed by atoms with van der Waals surface area (Å²) in [6.07, 6.45) is 6.13. The average Bonchev–Trinajstić information content (AvgIpc) is 2.97. The summed E-state index contributed by atoms with van der Waals surface area (Å²) in [5.41, 5.74) is 0.804. The Labute approximate surface area is 117 Å². The van der Waals surface area contributed by atoms with Gasteiger partial charge >= 0.3 is 0 Å². The third kappa shape index (κ3) is 2.58. The highest BCUT2D eigenvalue weighted by atomic mass is 16.3. The molecule has 0 spiro atoms. The predicted octanol–water partition coefficient (Wildman–Crippen LogP) is 1.52. The Kier molecular flexibility index (Phi) is 3.28. The lowest BCUT2D eigenvalue weighted by Crippen LogP contribution is -2.47. The molecule has 1 amide bonds. The molecule has 1 heterocycles. The van der Waals surface area contributed by atoms with Gasteiger partial charge in [-0.25, -0.2) is 4.68 Å². The van der Waals surface area contributed by atoms with Gasteiger partial charge in [0.15, 0.2) is 0 Å². The average molecular weight is 271 g/mol. The smallest absolute Gasteiger partial charge is 0.251 e. The number of nitrogens with zero attached hydrogens (tertiary/aromatic N) is 2. The molecule has 0 radical (unpaired) electrons. The predicted molar refractivity (Wildman–Crippen MR) is 74.7 cm³/mol. The van der Waals surface area contributed by atoms with Crippen molar-refractivity contribution in [3.8, 4) is 5.69 Å². The molecular formula is C15H17N3O2. The van der Waals surface area contributed by atoms with Crippen LogP contribution >= 0.6 is 0 Å². The zero-order chi connectivity index (χ0) is 14.0. The molecule has 104 valence electrons. The maximum absolute atomic E-state index is 12.0. The summed E-state index contributed by atoms with van der Waals surface area (Å²) in [6.45, 7) is 0.326. The van der Waals surface area contributed by atoms with Crippen molar-refractivity contribution in [1.29, 1.82) is 0 Å². The van der Waals surface area contributed by atoms with Crippen molar-refractivity contribution < 1.29 is 9.90 Å². The normalized spacial score (nSPS) is 16.4. The lowest BCUT2D eigenvalue weighted by molar-refractivity contribution is -0.0300. The van der Waals surface area contributed by atoms with Crippen LogP contribution in [0.3, 0.4) is 0 Å². The van der Waals surface area contributed by atoms with E-state index in [1.54, 1.807) is 23.0 Å². The van der Waals surface area contributed by atoms with E-state index in [1.165, 1.54) is 0 Å². The third-order valence-corrected chi connectivity index (χ3v) is 3.76. The molecular weight excluding hydrogens is 254 g/mol. The molecule has 3 rings (SSSR count). The molecule has 1 aliphatic carbocycles. The Morgan fingerprint density at radius 2 is 2.10 bits per heavy atom. The fourth-order valence-electron chi connectivity index (χ4n) is 2.30. The number of hydrogen-bond donors (Lipinski definition) is 2. The van der Waals surface area contributed by atoms with Crippen LogP contribution in [0.2, 0.25) is 0 Å². The van der Waals surface area contributed by atoms with Crippen molar-refractivity contribution in [2.75, 3.05) is 6.54 Å². The van der Waals surface area contributed by atoms with E-state index in [-0.39, 0.29) is 5.91 Å². The number of benzene rings is 1. The van der Waals surface area contributed by atoms with Crippen molar-refractivity contribution in [3.05, 3.63) is 48.3 Å². The van der Waals surface area contributed by atoms with Gasteiger partial charge in [-0.15, -0.1) is 0 Å². The molecule has 1 aliphatic rings. The van der Waals surface area contributed by atoms with Crippen LogP contribution in [0.5, 0.6) is 0 Å². The molecule has 0 aliphatic heterocycles. The van der Waals surface area contributed by atoms with Crippen LogP contribution in [-0.4, -0.2) is 32.9 Å². The molecule has 5 nitrogen and oxygen atoms in total. The zero-order valence-electron chi connectivity index (χ0n) is 11.1. The molecule has 0 bridgehead atoms. The highest BCUT2D eigenvalue weighted by Gasteiger charge is 2.34. The van der Waals surface area contributed by atoms with Gasteiger partial charge in [0.1, 0.15) is 0 Å². The van der Waals surface area contributed by atoms with Crippen molar-refractivity contribution in [3.63, 3.8) is 0 Å². The minimum absolute atomic E-state index is 0.155. The molecule has 1 saturated carbocycles. The highest BCUT2D eigenvalue weighted by molar-refractivity contribution is 5.94. The molecule has 5 heteroatoms. The summed E-state index contributed by atoms with van der Waals surface area (Å²) < 4.78 is 1.73. The standard InChI is InChI=1S/C15H17N3O2/c19-14(16-11-15(20)7-1-8-15)12-3-5-13(6-4-12)18-10-2-9-17-18/h2-6,9-10,20H,1,7-8,11H2,(H,16,19). The van der Waals surface area contributed by atoms with Gasteiger partial charge in [-0.1, -0.05) is 0 Å². The van der Waals surface area contributed by atoms with Crippen LogP contribution in [0.25, 0.3) is 5.69 Å². The number of amides is 1. The van der Waals surface area contributed by atoms with Crippen LogP contribution in [0.1, 0.15) is 29.6 Å². The Hall–Kier alpha value is -2.14. The minimum atomic E-state index is -0.690. The largest absolute Gasteiger partial charge is 0.388 e. The molecule has 2 aromatic rings. The van der Waals surface area contributed by atoms with Gasteiger partial charge in [0, 0.05) is 24.5 Å². The molecule has 1 aromatic heterocycles. The van der Waals surface area contributed by atoms with E-state index >= 15 is 0 Å². The number of nitrogens with one attached hydrogen (secondary N) is 1. The number of rotatable bonds is 4. The second-order valence-electron chi connectivity index (χ2n) is 5.26. The third-order valence-electron chi connectivity index (χ3n) is 3.76. The van der Waals surface area contributed by atoms with Crippen molar-refractivity contribution in [1.82, 2.24) is 15.1 Å². The van der Waals surface area contributed by atoms with Gasteiger partial charge < -0.3 is 10.4 Å². The van der Waals surface area contributed by atoms with Gasteiger partial charge in [0.2, 0.25) is 0 Å². The van der Waals surface area contributed by atoms with E-state index < -0.39 is 5.60 Å². The number of hydrogen-bond acceptors (Lipinski definition) is 3. The summed E-state index contributed by atoms with van der Waals surface area (Å²) in [7, 11) is 0. The van der Waals surface area contributed by atoms with Crippen molar-refractivity contribution >= 4 is 5.91 Å². The van der Waals surface area contributed by atoms with Crippen molar-refractivity contribution in [2.24, 2.45) is 0 Å². The first-order valence-corrected chi connectivity index (χ1v) is 6.77. The van der Waals surface area contributed by atoms with E-state index in [9.17, 15) is 9.90 Å². The summed E-state index contributed by atoms with van der Waals surface area (Å²) in [5.74, 6) is -0.155. The first-order valence-electron chi connectivity index (χ1n) is 6.77. The van der Waals surface area contributed by atoms with E-state index in [1.807, 2.05) is 24.4 Å². The fraction of sp³-hybridized carbons (Fsp3) is 0.333. The van der Waals surface area contributed by atoms with Gasteiger partial charge in [-0.3, -0.25) is 4.79 Å². The molecule has 1 fully saturated rings. The number of aliphatic hydroxyl groups is 1. The first kappa shape index (κ1) is 12.9. The molecule has 0 saturated heterocycles. The minimum Gasteiger partial charge on any atom is -0.388 e. The maximum atomic E-state index is 12.0. The van der Waals surface area contributed by atoms with E-state index in [4.69, 9.17) is 0 Å². The second kappa shape index (κ2) is 5.09.